The number of carbonyl (C=O) groups excluding carboxylic acids is 2. The van der Waals surface area contributed by atoms with Gasteiger partial charge in [0.2, 0.25) is 5.91 Å². The first-order chi connectivity index (χ1) is 16.6. The summed E-state index contributed by atoms with van der Waals surface area (Å²) < 4.78 is 14.2. The first-order valence-corrected chi connectivity index (χ1v) is 12.8. The summed E-state index contributed by atoms with van der Waals surface area (Å²) >= 11 is 0. The van der Waals surface area contributed by atoms with Crippen LogP contribution in [-0.4, -0.2) is 49.1 Å². The predicted molar refractivity (Wildman–Crippen MR) is 152 cm³/mol. The molecule has 7 heteroatoms. The van der Waals surface area contributed by atoms with Gasteiger partial charge in [0, 0.05) is 17.8 Å². The largest absolute Gasteiger partial charge is 0.368 e. The molecule has 6 nitrogen and oxygen atoms in total. The summed E-state index contributed by atoms with van der Waals surface area (Å²) in [4.78, 5) is 30.1. The molecule has 2 amide bonds. The Balaban J connectivity index is 0. The molecule has 1 rings (SSSR count). The van der Waals surface area contributed by atoms with E-state index in [4.69, 9.17) is 5.73 Å². The molecule has 36 heavy (non-hydrogen) atoms. The van der Waals surface area contributed by atoms with Crippen molar-refractivity contribution in [3.05, 3.63) is 46.4 Å². The average Bonchev–Trinajstić information content (AvgIpc) is 2.75. The standard InChI is InChI=1S/C21H31FN4O2.C5H12.C3H8/c1-6-7-10-26(5)13-15(3)20(21(28)24-12-19(23)27)25-16(4)17-11-14(2)8-9-18(17)22;1-5(2,3)4;1-3-2/h8-9,11H,6-7,10,12-13H2,1-5H3,(H2,23,27)(H,24,28);1-4H3;3H2,1-2H3/b20-15+,25-16?;;. The number of nitrogens with zero attached hydrogens (tertiary/aromatic N) is 2. The summed E-state index contributed by atoms with van der Waals surface area (Å²) in [6.07, 6.45) is 3.37. The van der Waals surface area contributed by atoms with Crippen LogP contribution in [0.3, 0.4) is 0 Å². The van der Waals surface area contributed by atoms with Crippen LogP contribution in [0.4, 0.5) is 4.39 Å². The Morgan fingerprint density at radius 1 is 1.11 bits per heavy atom. The zero-order valence-corrected chi connectivity index (χ0v) is 24.6. The Hall–Kier alpha value is -2.54. The number of nitrogens with one attached hydrogen (secondary N) is 1. The third-order valence-electron chi connectivity index (χ3n) is 4.23. The van der Waals surface area contributed by atoms with Gasteiger partial charge in [0.05, 0.1) is 6.54 Å². The van der Waals surface area contributed by atoms with Crippen LogP contribution in [-0.2, 0) is 9.59 Å². The van der Waals surface area contributed by atoms with Crippen LogP contribution >= 0.6 is 0 Å². The maximum absolute atomic E-state index is 14.2. The van der Waals surface area contributed by atoms with Gasteiger partial charge in [-0.05, 0) is 63.9 Å². The van der Waals surface area contributed by atoms with Gasteiger partial charge in [0.15, 0.2) is 0 Å². The maximum Gasteiger partial charge on any atom is 0.270 e. The molecule has 0 saturated heterocycles. The minimum absolute atomic E-state index is 0.169. The van der Waals surface area contributed by atoms with E-state index in [0.29, 0.717) is 23.2 Å². The summed E-state index contributed by atoms with van der Waals surface area (Å²) in [5, 5.41) is 2.47. The Labute approximate surface area is 219 Å². The fraction of sp³-hybridized carbons (Fsp3) is 0.621. The number of amides is 2. The van der Waals surface area contributed by atoms with Crippen molar-refractivity contribution in [2.24, 2.45) is 16.1 Å². The van der Waals surface area contributed by atoms with E-state index < -0.39 is 17.6 Å². The minimum Gasteiger partial charge on any atom is -0.368 e. The molecule has 0 aromatic heterocycles. The number of hydrogen-bond donors (Lipinski definition) is 2. The summed E-state index contributed by atoms with van der Waals surface area (Å²) in [5.41, 5.74) is 8.14. The van der Waals surface area contributed by atoms with Gasteiger partial charge in [-0.1, -0.05) is 72.9 Å². The highest BCUT2D eigenvalue weighted by atomic mass is 19.1. The number of likely N-dealkylation sites (N-methyl/N-ethyl adjacent to an activating group) is 1. The smallest absolute Gasteiger partial charge is 0.270 e. The number of benzene rings is 1. The molecule has 206 valence electrons. The molecule has 0 radical (unpaired) electrons. The summed E-state index contributed by atoms with van der Waals surface area (Å²) in [6.45, 7) is 21.6. The Bertz CT molecular complexity index is 865. The molecular formula is C29H51FN4O2. The van der Waals surface area contributed by atoms with Gasteiger partial charge in [-0.2, -0.15) is 0 Å². The van der Waals surface area contributed by atoms with E-state index >= 15 is 0 Å². The fourth-order valence-corrected chi connectivity index (χ4v) is 2.72. The van der Waals surface area contributed by atoms with Crippen LogP contribution in [0, 0.1) is 18.2 Å². The minimum atomic E-state index is -0.643. The Kier molecular flexibility index (Phi) is 18.5. The molecule has 0 aliphatic carbocycles. The molecule has 1 aromatic rings. The van der Waals surface area contributed by atoms with Crippen LogP contribution in [0.5, 0.6) is 0 Å². The van der Waals surface area contributed by atoms with E-state index in [2.05, 4.69) is 63.7 Å². The van der Waals surface area contributed by atoms with Crippen molar-refractivity contribution in [3.63, 3.8) is 0 Å². The number of nitrogens with two attached hydrogens (primary N) is 1. The lowest BCUT2D eigenvalue weighted by atomic mass is 10.0. The summed E-state index contributed by atoms with van der Waals surface area (Å²) in [7, 11) is 1.97. The molecule has 0 bridgehead atoms. The van der Waals surface area contributed by atoms with E-state index in [-0.39, 0.29) is 12.2 Å². The highest BCUT2D eigenvalue weighted by molar-refractivity contribution is 6.04. The van der Waals surface area contributed by atoms with Gasteiger partial charge in [-0.15, -0.1) is 0 Å². The first-order valence-electron chi connectivity index (χ1n) is 12.8. The highest BCUT2D eigenvalue weighted by Gasteiger charge is 2.16. The van der Waals surface area contributed by atoms with Gasteiger partial charge < -0.3 is 16.0 Å². The molecule has 0 saturated carbocycles. The quantitative estimate of drug-likeness (QED) is 0.300. The number of unbranched alkanes of at least 4 members (excludes halogenated alkanes) is 1. The normalized spacial score (nSPS) is 12.1. The molecule has 0 atom stereocenters. The molecule has 0 aliphatic rings. The monoisotopic (exact) mass is 506 g/mol. The second-order valence-corrected chi connectivity index (χ2v) is 10.8. The Morgan fingerprint density at radius 2 is 1.64 bits per heavy atom. The second-order valence-electron chi connectivity index (χ2n) is 10.8. The van der Waals surface area contributed by atoms with Gasteiger partial charge in [0.25, 0.3) is 5.91 Å². The van der Waals surface area contributed by atoms with E-state index in [1.165, 1.54) is 12.5 Å². The van der Waals surface area contributed by atoms with Crippen molar-refractivity contribution in [2.45, 2.75) is 88.5 Å². The van der Waals surface area contributed by atoms with Crippen molar-refractivity contribution < 1.29 is 14.0 Å². The molecule has 3 N–H and O–H groups in total. The van der Waals surface area contributed by atoms with E-state index in [1.54, 1.807) is 19.1 Å². The number of aliphatic imine (C=N–C) groups is 1. The molecule has 0 unspecified atom stereocenters. The average molecular weight is 507 g/mol. The molecule has 0 heterocycles. The van der Waals surface area contributed by atoms with Crippen LogP contribution in [0.2, 0.25) is 0 Å². The number of halogens is 1. The third kappa shape index (κ3) is 18.7. The number of primary amides is 1. The van der Waals surface area contributed by atoms with E-state index in [0.717, 1.165) is 30.5 Å². The molecule has 0 aliphatic heterocycles. The van der Waals surface area contributed by atoms with Gasteiger partial charge in [0.1, 0.15) is 11.5 Å². The zero-order valence-electron chi connectivity index (χ0n) is 24.6. The first kappa shape index (κ1) is 35.6. The van der Waals surface area contributed by atoms with E-state index in [9.17, 15) is 14.0 Å². The van der Waals surface area contributed by atoms with Crippen LogP contribution in [0.15, 0.2) is 34.5 Å². The van der Waals surface area contributed by atoms with Gasteiger partial charge in [-0.3, -0.25) is 9.59 Å². The van der Waals surface area contributed by atoms with Crippen molar-refractivity contribution in [1.82, 2.24) is 10.2 Å². The summed E-state index contributed by atoms with van der Waals surface area (Å²) in [5.74, 6) is -1.55. The van der Waals surface area contributed by atoms with Crippen LogP contribution in [0.25, 0.3) is 0 Å². The lowest BCUT2D eigenvalue weighted by Crippen LogP contribution is -2.35. The van der Waals surface area contributed by atoms with Crippen LogP contribution < -0.4 is 11.1 Å². The predicted octanol–water partition coefficient (Wildman–Crippen LogP) is 6.02. The topological polar surface area (TPSA) is 87.8 Å². The van der Waals surface area contributed by atoms with Crippen molar-refractivity contribution in [1.29, 1.82) is 0 Å². The van der Waals surface area contributed by atoms with Gasteiger partial charge in [-0.25, -0.2) is 9.38 Å². The molecule has 1 aromatic carbocycles. The van der Waals surface area contributed by atoms with Crippen LogP contribution in [0.1, 0.15) is 92.7 Å². The molecule has 0 spiro atoms. The number of carbonyl (C=O) groups is 2. The second kappa shape index (κ2) is 18.7. The Morgan fingerprint density at radius 3 is 2.11 bits per heavy atom. The third-order valence-corrected chi connectivity index (χ3v) is 4.23. The highest BCUT2D eigenvalue weighted by Crippen LogP contribution is 2.15. The zero-order chi connectivity index (χ0) is 28.5. The number of aryl methyl sites for hydroxylation is 1. The molecular weight excluding hydrogens is 455 g/mol. The fourth-order valence-electron chi connectivity index (χ4n) is 2.72. The summed E-state index contributed by atoms with van der Waals surface area (Å²) in [6, 6.07) is 4.75. The number of rotatable bonds is 10. The SMILES string of the molecule is CC(C)(C)C.CCC.CCCCN(C)C/C(C)=C(/N=C(C)c1cc(C)ccc1F)C(=O)NCC(N)=O. The van der Waals surface area contributed by atoms with Crippen molar-refractivity contribution >= 4 is 17.5 Å². The van der Waals surface area contributed by atoms with Crippen molar-refractivity contribution in [2.75, 3.05) is 26.7 Å². The van der Waals surface area contributed by atoms with E-state index in [1.807, 2.05) is 20.9 Å². The molecule has 0 fully saturated rings. The van der Waals surface area contributed by atoms with Crippen molar-refractivity contribution in [3.8, 4) is 0 Å². The lowest BCUT2D eigenvalue weighted by molar-refractivity contribution is -0.122. The maximum atomic E-state index is 14.2. The lowest BCUT2D eigenvalue weighted by Gasteiger charge is -2.18. The van der Waals surface area contributed by atoms with Gasteiger partial charge >= 0.3 is 0 Å². The number of hydrogen-bond acceptors (Lipinski definition) is 4.